The molecule has 0 aliphatic carbocycles. The Hall–Kier alpha value is -1.91. The lowest BCUT2D eigenvalue weighted by atomic mass is 9.75. The van der Waals surface area contributed by atoms with E-state index >= 15 is 0 Å². The van der Waals surface area contributed by atoms with E-state index in [1.165, 1.54) is 0 Å². The Morgan fingerprint density at radius 3 is 2.47 bits per heavy atom. The first-order valence-electron chi connectivity index (χ1n) is 5.23. The molecule has 0 aliphatic heterocycles. The fourth-order valence-electron chi connectivity index (χ4n) is 1.76. The van der Waals surface area contributed by atoms with E-state index in [4.69, 9.17) is 0 Å². The van der Waals surface area contributed by atoms with Gasteiger partial charge in [0, 0.05) is 5.56 Å². The second-order valence-corrected chi connectivity index (χ2v) is 3.70. The number of hydrogen-bond acceptors (Lipinski definition) is 3. The monoisotopic (exact) mass is 226 g/mol. The zero-order valence-corrected chi connectivity index (χ0v) is 9.08. The number of rotatable bonds is 3. The first-order chi connectivity index (χ1) is 8.22. The predicted molar refractivity (Wildman–Crippen MR) is 67.1 cm³/mol. The standard InChI is InChI=1S/C13H11BO3/c15-9-10-4-3-5-11(8-10)12-6-1-2-7-13(12)14(16)17/h1-9,16-17H. The summed E-state index contributed by atoms with van der Waals surface area (Å²) in [5, 5.41) is 18.6. The molecule has 0 unspecified atom stereocenters. The highest BCUT2D eigenvalue weighted by Crippen LogP contribution is 2.18. The molecule has 2 N–H and O–H groups in total. The minimum absolute atomic E-state index is 0.426. The van der Waals surface area contributed by atoms with Gasteiger partial charge in [-0.15, -0.1) is 0 Å². The molecule has 2 aromatic carbocycles. The van der Waals surface area contributed by atoms with E-state index in [2.05, 4.69) is 0 Å². The summed E-state index contributed by atoms with van der Waals surface area (Å²) >= 11 is 0. The Bertz CT molecular complexity index is 538. The van der Waals surface area contributed by atoms with Crippen LogP contribution < -0.4 is 5.46 Å². The molecule has 0 heterocycles. The van der Waals surface area contributed by atoms with Crippen molar-refractivity contribution in [3.63, 3.8) is 0 Å². The molecule has 0 aromatic heterocycles. The average molecular weight is 226 g/mol. The third-order valence-corrected chi connectivity index (χ3v) is 2.57. The molecule has 0 radical (unpaired) electrons. The molecule has 0 amide bonds. The van der Waals surface area contributed by atoms with Crippen molar-refractivity contribution in [2.75, 3.05) is 0 Å². The molecule has 84 valence electrons. The molecular formula is C13H11BO3. The summed E-state index contributed by atoms with van der Waals surface area (Å²) in [6, 6.07) is 14.0. The van der Waals surface area contributed by atoms with Gasteiger partial charge < -0.3 is 10.0 Å². The molecule has 0 fully saturated rings. The van der Waals surface area contributed by atoms with Gasteiger partial charge in [-0.3, -0.25) is 4.79 Å². The zero-order valence-electron chi connectivity index (χ0n) is 9.08. The predicted octanol–water partition coefficient (Wildman–Crippen LogP) is 0.846. The molecule has 2 rings (SSSR count). The van der Waals surface area contributed by atoms with E-state index in [9.17, 15) is 14.8 Å². The topological polar surface area (TPSA) is 57.5 Å². The van der Waals surface area contributed by atoms with Crippen LogP contribution in [-0.2, 0) is 0 Å². The van der Waals surface area contributed by atoms with E-state index < -0.39 is 7.12 Å². The molecular weight excluding hydrogens is 215 g/mol. The van der Waals surface area contributed by atoms with Crippen molar-refractivity contribution < 1.29 is 14.8 Å². The van der Waals surface area contributed by atoms with Gasteiger partial charge in [-0.05, 0) is 22.7 Å². The van der Waals surface area contributed by atoms with E-state index in [0.717, 1.165) is 11.8 Å². The second-order valence-electron chi connectivity index (χ2n) is 3.70. The van der Waals surface area contributed by atoms with Gasteiger partial charge in [0.05, 0.1) is 0 Å². The van der Waals surface area contributed by atoms with Crippen LogP contribution in [0.15, 0.2) is 48.5 Å². The van der Waals surface area contributed by atoms with Crippen molar-refractivity contribution in [3.8, 4) is 11.1 Å². The van der Waals surface area contributed by atoms with Crippen LogP contribution in [0.4, 0.5) is 0 Å². The van der Waals surface area contributed by atoms with Crippen LogP contribution in [0.25, 0.3) is 11.1 Å². The van der Waals surface area contributed by atoms with Crippen LogP contribution >= 0.6 is 0 Å². The van der Waals surface area contributed by atoms with Crippen LogP contribution in [0, 0.1) is 0 Å². The van der Waals surface area contributed by atoms with Gasteiger partial charge in [-0.1, -0.05) is 42.5 Å². The number of carbonyl (C=O) groups is 1. The Labute approximate surface area is 99.5 Å². The van der Waals surface area contributed by atoms with Crippen molar-refractivity contribution in [2.45, 2.75) is 0 Å². The molecule has 0 spiro atoms. The molecule has 3 nitrogen and oxygen atoms in total. The van der Waals surface area contributed by atoms with Crippen LogP contribution in [0.3, 0.4) is 0 Å². The molecule has 0 bridgehead atoms. The third-order valence-electron chi connectivity index (χ3n) is 2.57. The van der Waals surface area contributed by atoms with Gasteiger partial charge in [0.25, 0.3) is 0 Å². The fraction of sp³-hybridized carbons (Fsp3) is 0. The lowest BCUT2D eigenvalue weighted by molar-refractivity contribution is 0.112. The Morgan fingerprint density at radius 2 is 1.76 bits per heavy atom. The van der Waals surface area contributed by atoms with Crippen LogP contribution in [-0.4, -0.2) is 23.5 Å². The zero-order chi connectivity index (χ0) is 12.3. The summed E-state index contributed by atoms with van der Waals surface area (Å²) < 4.78 is 0. The minimum Gasteiger partial charge on any atom is -0.423 e. The molecule has 0 saturated carbocycles. The highest BCUT2D eigenvalue weighted by atomic mass is 16.4. The van der Waals surface area contributed by atoms with Gasteiger partial charge >= 0.3 is 7.12 Å². The molecule has 17 heavy (non-hydrogen) atoms. The minimum atomic E-state index is -1.52. The number of benzene rings is 2. The van der Waals surface area contributed by atoms with Crippen LogP contribution in [0.2, 0.25) is 0 Å². The van der Waals surface area contributed by atoms with Gasteiger partial charge in [-0.2, -0.15) is 0 Å². The third kappa shape index (κ3) is 2.44. The maximum atomic E-state index is 10.7. The highest BCUT2D eigenvalue weighted by molar-refractivity contribution is 6.60. The van der Waals surface area contributed by atoms with Crippen molar-refractivity contribution in [2.24, 2.45) is 0 Å². The quantitative estimate of drug-likeness (QED) is 0.602. The SMILES string of the molecule is O=Cc1cccc(-c2ccccc2B(O)O)c1. The van der Waals surface area contributed by atoms with E-state index in [-0.39, 0.29) is 0 Å². The number of hydrogen-bond donors (Lipinski definition) is 2. The maximum Gasteiger partial charge on any atom is 0.489 e. The van der Waals surface area contributed by atoms with Crippen molar-refractivity contribution in [3.05, 3.63) is 54.1 Å². The van der Waals surface area contributed by atoms with Gasteiger partial charge in [0.1, 0.15) is 6.29 Å². The smallest absolute Gasteiger partial charge is 0.423 e. The Kier molecular flexibility index (Phi) is 3.37. The largest absolute Gasteiger partial charge is 0.489 e. The van der Waals surface area contributed by atoms with Crippen LogP contribution in [0.1, 0.15) is 10.4 Å². The molecule has 0 saturated heterocycles. The molecule has 4 heteroatoms. The van der Waals surface area contributed by atoms with E-state index in [0.29, 0.717) is 16.6 Å². The normalized spacial score (nSPS) is 10.0. The summed E-state index contributed by atoms with van der Waals surface area (Å²) in [6.07, 6.45) is 0.765. The Balaban J connectivity index is 2.55. The summed E-state index contributed by atoms with van der Waals surface area (Å²) in [5.74, 6) is 0. The highest BCUT2D eigenvalue weighted by Gasteiger charge is 2.16. The van der Waals surface area contributed by atoms with Crippen LogP contribution in [0.5, 0.6) is 0 Å². The van der Waals surface area contributed by atoms with Gasteiger partial charge in [0.2, 0.25) is 0 Å². The van der Waals surface area contributed by atoms with Crippen molar-refractivity contribution in [1.82, 2.24) is 0 Å². The lowest BCUT2D eigenvalue weighted by Crippen LogP contribution is -2.31. The second kappa shape index (κ2) is 4.95. The summed E-state index contributed by atoms with van der Waals surface area (Å²) in [5.41, 5.74) is 2.49. The first kappa shape index (κ1) is 11.6. The van der Waals surface area contributed by atoms with E-state index in [1.54, 1.807) is 36.4 Å². The van der Waals surface area contributed by atoms with Crippen molar-refractivity contribution in [1.29, 1.82) is 0 Å². The van der Waals surface area contributed by atoms with Gasteiger partial charge in [0.15, 0.2) is 0 Å². The first-order valence-corrected chi connectivity index (χ1v) is 5.23. The summed E-state index contributed by atoms with van der Waals surface area (Å²) in [4.78, 5) is 10.7. The summed E-state index contributed by atoms with van der Waals surface area (Å²) in [7, 11) is -1.52. The Morgan fingerprint density at radius 1 is 1.00 bits per heavy atom. The maximum absolute atomic E-state index is 10.7. The van der Waals surface area contributed by atoms with Crippen molar-refractivity contribution >= 4 is 18.9 Å². The van der Waals surface area contributed by atoms with Gasteiger partial charge in [-0.25, -0.2) is 0 Å². The van der Waals surface area contributed by atoms with E-state index in [1.807, 2.05) is 12.1 Å². The molecule has 2 aromatic rings. The molecule has 0 aliphatic rings. The number of carbonyl (C=O) groups excluding carboxylic acids is 1. The fourth-order valence-corrected chi connectivity index (χ4v) is 1.76. The number of aldehydes is 1. The average Bonchev–Trinajstić information content (AvgIpc) is 2.39. The molecule has 0 atom stereocenters. The summed E-state index contributed by atoms with van der Waals surface area (Å²) in [6.45, 7) is 0. The lowest BCUT2D eigenvalue weighted by Gasteiger charge is -2.09.